The van der Waals surface area contributed by atoms with Crippen LogP contribution in [0.15, 0.2) is 91.0 Å². The standard InChI is InChI=1S/C25H12N2O10.C24H18N2O10/c28-19(10-1-3-15-17(7-10)24(34)36-22(15)32)26-13-5-12(21(30)31)6-14(9-13)27-20(29)11-2-4-16-18(8-11)25(35)37-23(16)33;27-18(11-4-6-13-15(9-11)23(33)35-21(13)31)25-8-2-1-3-17(20(29)30)26-19(28)12-5-7-14-16(10-12)24(34)36-22(14)32/h1-9H,(H,26,28)(H,27,29)(H,30,31);4-7,9-10,17H,1-3,8H2,(H,25,27)(H,26,28)(H,29,30). The molecular weight excluding hydrogens is 965 g/mol. The van der Waals surface area contributed by atoms with Crippen LogP contribution in [-0.4, -0.2) is 106 Å². The van der Waals surface area contributed by atoms with E-state index >= 15 is 0 Å². The zero-order valence-corrected chi connectivity index (χ0v) is 36.8. The first-order valence-electron chi connectivity index (χ1n) is 21.2. The van der Waals surface area contributed by atoms with Crippen molar-refractivity contribution in [3.63, 3.8) is 0 Å². The monoisotopic (exact) mass is 994 g/mol. The van der Waals surface area contributed by atoms with E-state index in [4.69, 9.17) is 0 Å². The first-order valence-corrected chi connectivity index (χ1v) is 21.2. The lowest BCUT2D eigenvalue weighted by Gasteiger charge is -2.15. The molecule has 0 saturated heterocycles. The first-order chi connectivity index (χ1) is 34.8. The highest BCUT2D eigenvalue weighted by molar-refractivity contribution is 6.19. The molecule has 4 amide bonds. The molecule has 24 heteroatoms. The third-order valence-corrected chi connectivity index (χ3v) is 11.1. The Labute approximate surface area is 406 Å². The van der Waals surface area contributed by atoms with Gasteiger partial charge in [0, 0.05) is 40.2 Å². The summed E-state index contributed by atoms with van der Waals surface area (Å²) in [5, 5.41) is 28.9. The second-order valence-electron chi connectivity index (χ2n) is 15.9. The molecular formula is C49H30N4O20. The number of hydrogen-bond acceptors (Lipinski definition) is 18. The topological polar surface area (TPSA) is 364 Å². The Bertz CT molecular complexity index is 3300. The Morgan fingerprint density at radius 2 is 0.740 bits per heavy atom. The third kappa shape index (κ3) is 10.3. The summed E-state index contributed by atoms with van der Waals surface area (Å²) in [6.45, 7) is 0.195. The molecule has 0 aliphatic carbocycles. The van der Waals surface area contributed by atoms with Crippen molar-refractivity contribution in [2.24, 2.45) is 0 Å². The quantitative estimate of drug-likeness (QED) is 0.0400. The van der Waals surface area contributed by atoms with Crippen LogP contribution in [-0.2, 0) is 23.7 Å². The minimum Gasteiger partial charge on any atom is -0.480 e. The molecule has 9 rings (SSSR count). The van der Waals surface area contributed by atoms with Crippen LogP contribution in [0.5, 0.6) is 0 Å². The number of rotatable bonds is 14. The second kappa shape index (κ2) is 19.8. The molecule has 0 bridgehead atoms. The molecule has 1 atom stereocenters. The number of fused-ring (bicyclic) bond motifs is 4. The van der Waals surface area contributed by atoms with E-state index in [-0.39, 0.29) is 96.7 Å². The van der Waals surface area contributed by atoms with Gasteiger partial charge in [-0.05, 0) is 110 Å². The number of ether oxygens (including phenoxy) is 4. The van der Waals surface area contributed by atoms with E-state index in [2.05, 4.69) is 40.2 Å². The van der Waals surface area contributed by atoms with Gasteiger partial charge in [-0.15, -0.1) is 0 Å². The SMILES string of the molecule is O=C(NCCCCC(NC(=O)c1ccc2c(c1)C(=O)OC2=O)C(=O)O)c1ccc2c(c1)C(=O)OC2=O.O=C(O)c1cc(NC(=O)c2ccc3c(c2)C(=O)OC3=O)cc(NC(=O)c2ccc3c(c2)C(=O)OC3=O)c1. The molecule has 0 spiro atoms. The number of carbonyl (C=O) groups is 14. The fourth-order valence-corrected chi connectivity index (χ4v) is 7.48. The van der Waals surface area contributed by atoms with Gasteiger partial charge in [-0.1, -0.05) is 0 Å². The number of benzene rings is 5. The van der Waals surface area contributed by atoms with E-state index in [9.17, 15) is 77.3 Å². The van der Waals surface area contributed by atoms with Gasteiger partial charge in [0.25, 0.3) is 23.6 Å². The molecule has 5 aromatic rings. The van der Waals surface area contributed by atoms with Crippen molar-refractivity contribution in [3.05, 3.63) is 163 Å². The number of cyclic esters (lactones) is 8. The molecule has 24 nitrogen and oxygen atoms in total. The summed E-state index contributed by atoms with van der Waals surface area (Å²) in [7, 11) is 0. The number of unbranched alkanes of at least 4 members (excludes halogenated alkanes) is 1. The van der Waals surface area contributed by atoms with Crippen molar-refractivity contribution in [3.8, 4) is 0 Å². The molecule has 4 heterocycles. The molecule has 1 unspecified atom stereocenters. The van der Waals surface area contributed by atoms with Crippen molar-refractivity contribution in [1.82, 2.24) is 10.6 Å². The number of aromatic carboxylic acids is 1. The molecule has 73 heavy (non-hydrogen) atoms. The van der Waals surface area contributed by atoms with Crippen LogP contribution < -0.4 is 21.3 Å². The van der Waals surface area contributed by atoms with Crippen molar-refractivity contribution in [2.45, 2.75) is 25.3 Å². The maximum absolute atomic E-state index is 12.7. The average molecular weight is 995 g/mol. The first kappa shape index (κ1) is 48.9. The van der Waals surface area contributed by atoms with Gasteiger partial charge < -0.3 is 50.4 Å². The van der Waals surface area contributed by atoms with E-state index in [1.165, 1.54) is 78.9 Å². The summed E-state index contributed by atoms with van der Waals surface area (Å²) in [6, 6.07) is 17.5. The van der Waals surface area contributed by atoms with Crippen LogP contribution in [0.3, 0.4) is 0 Å². The molecule has 0 radical (unpaired) electrons. The largest absolute Gasteiger partial charge is 0.480 e. The summed E-state index contributed by atoms with van der Waals surface area (Å²) in [4.78, 5) is 166. The summed E-state index contributed by atoms with van der Waals surface area (Å²) < 4.78 is 17.9. The fourth-order valence-electron chi connectivity index (χ4n) is 7.48. The van der Waals surface area contributed by atoms with E-state index in [1.54, 1.807) is 0 Å². The van der Waals surface area contributed by atoms with Gasteiger partial charge in [0.15, 0.2) is 0 Å². The number of aliphatic carboxylic acids is 1. The molecule has 4 aliphatic heterocycles. The summed E-state index contributed by atoms with van der Waals surface area (Å²) in [5.41, 5.74) is -0.163. The lowest BCUT2D eigenvalue weighted by Crippen LogP contribution is -2.40. The lowest BCUT2D eigenvalue weighted by molar-refractivity contribution is -0.139. The number of nitrogens with one attached hydrogen (secondary N) is 4. The minimum atomic E-state index is -1.34. The summed E-state index contributed by atoms with van der Waals surface area (Å²) >= 11 is 0. The molecule has 4 aliphatic rings. The molecule has 5 aromatic carbocycles. The summed E-state index contributed by atoms with van der Waals surface area (Å²) in [5.74, 6) is -12.0. The Hall–Kier alpha value is -10.5. The number of carboxylic acids is 2. The van der Waals surface area contributed by atoms with Crippen molar-refractivity contribution in [2.75, 3.05) is 17.2 Å². The van der Waals surface area contributed by atoms with Gasteiger partial charge in [0.05, 0.1) is 50.1 Å². The highest BCUT2D eigenvalue weighted by atomic mass is 16.6. The van der Waals surface area contributed by atoms with E-state index < -0.39 is 89.4 Å². The summed E-state index contributed by atoms with van der Waals surface area (Å²) in [6.07, 6.45) is 0.798. The smallest absolute Gasteiger partial charge is 0.346 e. The molecule has 0 aromatic heterocycles. The van der Waals surface area contributed by atoms with Crippen LogP contribution in [0.25, 0.3) is 0 Å². The lowest BCUT2D eigenvalue weighted by atomic mass is 10.0. The average Bonchev–Trinajstić information content (AvgIpc) is 4.03. The predicted molar refractivity (Wildman–Crippen MR) is 239 cm³/mol. The Balaban J connectivity index is 0.000000195. The maximum Gasteiger partial charge on any atom is 0.346 e. The van der Waals surface area contributed by atoms with Crippen LogP contribution in [0, 0.1) is 0 Å². The minimum absolute atomic E-state index is 0.00107. The number of amides is 4. The molecule has 366 valence electrons. The van der Waals surface area contributed by atoms with Gasteiger partial charge in [-0.25, -0.2) is 47.9 Å². The Morgan fingerprint density at radius 3 is 1.10 bits per heavy atom. The highest BCUT2D eigenvalue weighted by Crippen LogP contribution is 2.27. The van der Waals surface area contributed by atoms with Gasteiger partial charge in [-0.3, -0.25) is 19.2 Å². The van der Waals surface area contributed by atoms with Gasteiger partial charge >= 0.3 is 59.7 Å². The van der Waals surface area contributed by atoms with Crippen molar-refractivity contribution in [1.29, 1.82) is 0 Å². The number of carbonyl (C=O) groups excluding carboxylic acids is 12. The molecule has 0 fully saturated rings. The Morgan fingerprint density at radius 1 is 0.397 bits per heavy atom. The van der Waals surface area contributed by atoms with Crippen LogP contribution in [0.2, 0.25) is 0 Å². The Kier molecular flexibility index (Phi) is 13.3. The van der Waals surface area contributed by atoms with E-state index in [0.29, 0.717) is 12.8 Å². The maximum atomic E-state index is 12.7. The number of esters is 8. The zero-order chi connectivity index (χ0) is 52.4. The van der Waals surface area contributed by atoms with E-state index in [1.807, 2.05) is 0 Å². The number of hydrogen-bond donors (Lipinski definition) is 6. The highest BCUT2D eigenvalue weighted by Gasteiger charge is 2.34. The van der Waals surface area contributed by atoms with Crippen LogP contribution in [0.1, 0.15) is 154 Å². The normalized spacial score (nSPS) is 13.9. The van der Waals surface area contributed by atoms with E-state index in [0.717, 1.165) is 12.1 Å². The third-order valence-electron chi connectivity index (χ3n) is 11.1. The number of carboxylic acid groups (broad SMARTS) is 2. The van der Waals surface area contributed by atoms with Crippen LogP contribution >= 0.6 is 0 Å². The van der Waals surface area contributed by atoms with Crippen LogP contribution in [0.4, 0.5) is 11.4 Å². The number of anilines is 2. The van der Waals surface area contributed by atoms with Gasteiger partial charge in [0.2, 0.25) is 0 Å². The zero-order valence-electron chi connectivity index (χ0n) is 36.8. The fraction of sp³-hybridized carbons (Fsp3) is 0.102. The second-order valence-corrected chi connectivity index (χ2v) is 15.9. The molecule has 0 saturated carbocycles. The van der Waals surface area contributed by atoms with Crippen molar-refractivity contribution >= 4 is 94.7 Å². The van der Waals surface area contributed by atoms with Crippen molar-refractivity contribution < 1.29 is 96.3 Å². The van der Waals surface area contributed by atoms with Gasteiger partial charge in [0.1, 0.15) is 6.04 Å². The predicted octanol–water partition coefficient (Wildman–Crippen LogP) is 3.60. The van der Waals surface area contributed by atoms with Gasteiger partial charge in [-0.2, -0.15) is 0 Å². The molecule has 6 N–H and O–H groups in total.